The Bertz CT molecular complexity index is 534. The number of nitrogens with zero attached hydrogens (tertiary/aromatic N) is 3. The van der Waals surface area contributed by atoms with Crippen LogP contribution in [0.2, 0.25) is 0 Å². The molecule has 2 heterocycles. The molecule has 2 aromatic rings. The molecule has 0 saturated carbocycles. The van der Waals surface area contributed by atoms with Gasteiger partial charge in [0.05, 0.1) is 6.61 Å². The van der Waals surface area contributed by atoms with Gasteiger partial charge in [-0.3, -0.25) is 4.98 Å². The fourth-order valence-corrected chi connectivity index (χ4v) is 1.64. The Balaban J connectivity index is 1.99. The number of nitrogen functional groups attached to an aromatic ring is 1. The first-order chi connectivity index (χ1) is 9.81. The molecule has 0 atom stereocenters. The first-order valence-electron chi connectivity index (χ1n) is 6.27. The fraction of sp³-hybridized carbons (Fsp3) is 0.308. The number of ether oxygens (including phenoxy) is 1. The van der Waals surface area contributed by atoms with E-state index in [1.807, 2.05) is 12.1 Å². The molecule has 0 fully saturated rings. The molecule has 106 valence electrons. The van der Waals surface area contributed by atoms with Gasteiger partial charge in [0.2, 0.25) is 0 Å². The van der Waals surface area contributed by atoms with Crippen LogP contribution in [0.4, 0.5) is 17.3 Å². The van der Waals surface area contributed by atoms with Crippen LogP contribution in [0.15, 0.2) is 30.9 Å². The van der Waals surface area contributed by atoms with Crippen LogP contribution in [0.1, 0.15) is 5.56 Å². The van der Waals surface area contributed by atoms with E-state index in [0.717, 1.165) is 5.56 Å². The first kappa shape index (κ1) is 14.0. The van der Waals surface area contributed by atoms with Crippen LogP contribution in [0.25, 0.3) is 0 Å². The van der Waals surface area contributed by atoms with Crippen LogP contribution < -0.4 is 16.4 Å². The molecule has 7 heteroatoms. The van der Waals surface area contributed by atoms with Crippen LogP contribution in [-0.2, 0) is 11.3 Å². The normalized spacial score (nSPS) is 10.2. The summed E-state index contributed by atoms with van der Waals surface area (Å²) in [6.07, 6.45) is 5.00. The second-order valence-corrected chi connectivity index (χ2v) is 4.12. The SMILES string of the molecule is COCCNc1ncnc(NCc2cccnc2)c1N. The third kappa shape index (κ3) is 3.79. The predicted octanol–water partition coefficient (Wildman–Crippen LogP) is 1.12. The van der Waals surface area contributed by atoms with Crippen molar-refractivity contribution in [3.8, 4) is 0 Å². The van der Waals surface area contributed by atoms with Gasteiger partial charge in [-0.25, -0.2) is 9.97 Å². The summed E-state index contributed by atoms with van der Waals surface area (Å²) in [6.45, 7) is 1.83. The molecule has 0 aromatic carbocycles. The fourth-order valence-electron chi connectivity index (χ4n) is 1.64. The van der Waals surface area contributed by atoms with Crippen molar-refractivity contribution in [2.24, 2.45) is 0 Å². The number of nitrogens with one attached hydrogen (secondary N) is 2. The van der Waals surface area contributed by atoms with Crippen LogP contribution in [-0.4, -0.2) is 35.2 Å². The van der Waals surface area contributed by atoms with Crippen molar-refractivity contribution < 1.29 is 4.74 Å². The van der Waals surface area contributed by atoms with Crippen molar-refractivity contribution in [1.82, 2.24) is 15.0 Å². The molecule has 0 aliphatic carbocycles. The molecule has 0 unspecified atom stereocenters. The molecule has 20 heavy (non-hydrogen) atoms. The molecular weight excluding hydrogens is 256 g/mol. The molecule has 0 spiro atoms. The average molecular weight is 274 g/mol. The first-order valence-corrected chi connectivity index (χ1v) is 6.27. The predicted molar refractivity (Wildman–Crippen MR) is 78.4 cm³/mol. The summed E-state index contributed by atoms with van der Waals surface area (Å²) in [6, 6.07) is 3.87. The van der Waals surface area contributed by atoms with Crippen LogP contribution in [0.5, 0.6) is 0 Å². The minimum absolute atomic E-state index is 0.493. The number of methoxy groups -OCH3 is 1. The number of nitrogens with two attached hydrogens (primary N) is 1. The van der Waals surface area contributed by atoms with Gasteiger partial charge < -0.3 is 21.1 Å². The van der Waals surface area contributed by atoms with E-state index in [4.69, 9.17) is 10.5 Å². The Labute approximate surface area is 117 Å². The van der Waals surface area contributed by atoms with E-state index in [2.05, 4.69) is 25.6 Å². The summed E-state index contributed by atoms with van der Waals surface area (Å²) in [7, 11) is 1.64. The molecule has 0 radical (unpaired) electrons. The second kappa shape index (κ2) is 7.25. The molecule has 7 nitrogen and oxygen atoms in total. The Kier molecular flexibility index (Phi) is 5.08. The van der Waals surface area contributed by atoms with Gasteiger partial charge in [0.15, 0.2) is 11.6 Å². The maximum absolute atomic E-state index is 6.02. The largest absolute Gasteiger partial charge is 0.393 e. The third-order valence-corrected chi connectivity index (χ3v) is 2.67. The van der Waals surface area contributed by atoms with Crippen LogP contribution in [0, 0.1) is 0 Å². The van der Waals surface area contributed by atoms with Gasteiger partial charge in [0.1, 0.15) is 12.0 Å². The van der Waals surface area contributed by atoms with Crippen molar-refractivity contribution >= 4 is 17.3 Å². The number of rotatable bonds is 7. The summed E-state index contributed by atoms with van der Waals surface area (Å²) in [5.41, 5.74) is 7.57. The van der Waals surface area contributed by atoms with Gasteiger partial charge in [-0.2, -0.15) is 0 Å². The maximum atomic E-state index is 6.02. The lowest BCUT2D eigenvalue weighted by Gasteiger charge is -2.12. The second-order valence-electron chi connectivity index (χ2n) is 4.12. The number of aromatic nitrogens is 3. The third-order valence-electron chi connectivity index (χ3n) is 2.67. The standard InChI is InChI=1S/C13H18N6O/c1-20-6-5-16-12-11(14)13(19-9-18-12)17-8-10-3-2-4-15-7-10/h2-4,7,9H,5-6,8,14H2,1H3,(H2,16,17,18,19). The Morgan fingerprint density at radius 1 is 1.25 bits per heavy atom. The summed E-state index contributed by atoms with van der Waals surface area (Å²) in [4.78, 5) is 12.3. The van der Waals surface area contributed by atoms with Crippen molar-refractivity contribution in [3.63, 3.8) is 0 Å². The van der Waals surface area contributed by atoms with E-state index in [9.17, 15) is 0 Å². The lowest BCUT2D eigenvalue weighted by molar-refractivity contribution is 0.210. The maximum Gasteiger partial charge on any atom is 0.155 e. The summed E-state index contributed by atoms with van der Waals surface area (Å²) >= 11 is 0. The summed E-state index contributed by atoms with van der Waals surface area (Å²) < 4.78 is 4.97. The average Bonchev–Trinajstić information content (AvgIpc) is 2.49. The Morgan fingerprint density at radius 2 is 2.05 bits per heavy atom. The van der Waals surface area contributed by atoms with Crippen molar-refractivity contribution in [2.45, 2.75) is 6.54 Å². The number of pyridine rings is 1. The van der Waals surface area contributed by atoms with E-state index >= 15 is 0 Å². The minimum atomic E-state index is 0.493. The summed E-state index contributed by atoms with van der Waals surface area (Å²) in [5.74, 6) is 1.20. The van der Waals surface area contributed by atoms with Crippen LogP contribution >= 0.6 is 0 Å². The molecule has 0 aliphatic heterocycles. The van der Waals surface area contributed by atoms with Crippen molar-refractivity contribution in [3.05, 3.63) is 36.4 Å². The molecule has 0 aliphatic rings. The molecule has 0 amide bonds. The Morgan fingerprint density at radius 3 is 2.75 bits per heavy atom. The quantitative estimate of drug-likeness (QED) is 0.651. The zero-order chi connectivity index (χ0) is 14.2. The van der Waals surface area contributed by atoms with E-state index < -0.39 is 0 Å². The topological polar surface area (TPSA) is 98.0 Å². The molecule has 2 rings (SSSR count). The summed E-state index contributed by atoms with van der Waals surface area (Å²) in [5, 5.41) is 6.27. The molecule has 0 bridgehead atoms. The van der Waals surface area contributed by atoms with Gasteiger partial charge in [0, 0.05) is 32.6 Å². The van der Waals surface area contributed by atoms with Crippen molar-refractivity contribution in [2.75, 3.05) is 36.6 Å². The highest BCUT2D eigenvalue weighted by Crippen LogP contribution is 2.22. The minimum Gasteiger partial charge on any atom is -0.393 e. The van der Waals surface area contributed by atoms with E-state index in [-0.39, 0.29) is 0 Å². The van der Waals surface area contributed by atoms with Gasteiger partial charge in [0.25, 0.3) is 0 Å². The zero-order valence-corrected chi connectivity index (χ0v) is 11.3. The zero-order valence-electron chi connectivity index (χ0n) is 11.3. The Hall–Kier alpha value is -2.41. The molecular formula is C13H18N6O. The van der Waals surface area contributed by atoms with Gasteiger partial charge in [-0.05, 0) is 11.6 Å². The lowest BCUT2D eigenvalue weighted by atomic mass is 10.3. The highest BCUT2D eigenvalue weighted by molar-refractivity contribution is 5.73. The van der Waals surface area contributed by atoms with E-state index in [1.165, 1.54) is 6.33 Å². The molecule has 0 saturated heterocycles. The van der Waals surface area contributed by atoms with Crippen LogP contribution in [0.3, 0.4) is 0 Å². The highest BCUT2D eigenvalue weighted by Gasteiger charge is 2.07. The number of anilines is 3. The highest BCUT2D eigenvalue weighted by atomic mass is 16.5. The monoisotopic (exact) mass is 274 g/mol. The number of hydrogen-bond donors (Lipinski definition) is 3. The smallest absolute Gasteiger partial charge is 0.155 e. The number of hydrogen-bond acceptors (Lipinski definition) is 7. The lowest BCUT2D eigenvalue weighted by Crippen LogP contribution is -2.13. The van der Waals surface area contributed by atoms with Gasteiger partial charge in [-0.15, -0.1) is 0 Å². The van der Waals surface area contributed by atoms with Gasteiger partial charge >= 0.3 is 0 Å². The van der Waals surface area contributed by atoms with Gasteiger partial charge in [-0.1, -0.05) is 6.07 Å². The van der Waals surface area contributed by atoms with E-state index in [1.54, 1.807) is 19.5 Å². The van der Waals surface area contributed by atoms with E-state index in [0.29, 0.717) is 37.0 Å². The van der Waals surface area contributed by atoms with Crippen molar-refractivity contribution in [1.29, 1.82) is 0 Å². The molecule has 2 aromatic heterocycles. The molecule has 4 N–H and O–H groups in total.